The number of fused-ring (bicyclic) bond motifs is 1. The molecule has 154 valence electrons. The fourth-order valence-electron chi connectivity index (χ4n) is 2.77. The predicted molar refractivity (Wildman–Crippen MR) is 106 cm³/mol. The maximum absolute atomic E-state index is 14.6. The van der Waals surface area contributed by atoms with Crippen LogP contribution in [-0.4, -0.2) is 41.4 Å². The minimum absolute atomic E-state index is 0.0906. The number of hydrogen-bond acceptors (Lipinski definition) is 6. The molecule has 30 heavy (non-hydrogen) atoms. The molecule has 11 heteroatoms. The highest BCUT2D eigenvalue weighted by Crippen LogP contribution is 2.30. The van der Waals surface area contributed by atoms with E-state index in [1.807, 2.05) is 0 Å². The van der Waals surface area contributed by atoms with Crippen LogP contribution < -0.4 is 5.56 Å². The lowest BCUT2D eigenvalue weighted by Crippen LogP contribution is -2.23. The lowest BCUT2D eigenvalue weighted by Gasteiger charge is -2.13. The summed E-state index contributed by atoms with van der Waals surface area (Å²) in [6, 6.07) is 5.97. The predicted octanol–water partition coefficient (Wildman–Crippen LogP) is 3.56. The van der Waals surface area contributed by atoms with E-state index in [4.69, 9.17) is 0 Å². The maximum Gasteiger partial charge on any atom is 0.285 e. The first-order valence-corrected chi connectivity index (χ1v) is 9.78. The zero-order chi connectivity index (χ0) is 21.5. The molecule has 0 spiro atoms. The van der Waals surface area contributed by atoms with Crippen molar-refractivity contribution in [2.24, 2.45) is 0 Å². The van der Waals surface area contributed by atoms with Gasteiger partial charge in [-0.1, -0.05) is 5.21 Å². The smallest absolute Gasteiger partial charge is 0.266 e. The van der Waals surface area contributed by atoms with E-state index in [9.17, 15) is 18.0 Å². The molecule has 0 saturated carbocycles. The van der Waals surface area contributed by atoms with Crippen LogP contribution in [0.25, 0.3) is 22.4 Å². The Bertz CT molecular complexity index is 1280. The topological polar surface area (TPSA) is 78.5 Å². The van der Waals surface area contributed by atoms with Gasteiger partial charge in [0.15, 0.2) is 0 Å². The molecule has 4 rings (SSSR count). The zero-order valence-electron chi connectivity index (χ0n) is 15.9. The largest absolute Gasteiger partial charge is 0.285 e. The molecular formula is C19H15F3N6OS. The Morgan fingerprint density at radius 1 is 1.27 bits per heavy atom. The van der Waals surface area contributed by atoms with Crippen LogP contribution >= 0.6 is 11.8 Å². The van der Waals surface area contributed by atoms with Crippen molar-refractivity contribution in [3.63, 3.8) is 0 Å². The zero-order valence-corrected chi connectivity index (χ0v) is 16.7. The molecule has 0 aliphatic heterocycles. The SMILES string of the molecule is Cc1cc(F)c(-n2nnc3nn(-c4cccnc4)cc3c2=O)cc1SCC(C)(F)F. The summed E-state index contributed by atoms with van der Waals surface area (Å²) in [5.41, 5.74) is 0.387. The molecule has 0 fully saturated rings. The summed E-state index contributed by atoms with van der Waals surface area (Å²) in [6.45, 7) is 2.42. The van der Waals surface area contributed by atoms with Crippen molar-refractivity contribution >= 4 is 22.8 Å². The molecule has 3 aromatic heterocycles. The van der Waals surface area contributed by atoms with Crippen LogP contribution in [0.5, 0.6) is 0 Å². The molecule has 0 saturated heterocycles. The van der Waals surface area contributed by atoms with Crippen molar-refractivity contribution < 1.29 is 13.2 Å². The lowest BCUT2D eigenvalue weighted by atomic mass is 10.2. The van der Waals surface area contributed by atoms with E-state index >= 15 is 0 Å². The molecule has 1 aromatic carbocycles. The van der Waals surface area contributed by atoms with Gasteiger partial charge in [-0.3, -0.25) is 9.78 Å². The van der Waals surface area contributed by atoms with Gasteiger partial charge in [0.25, 0.3) is 11.5 Å². The number of pyridine rings is 1. The first-order valence-electron chi connectivity index (χ1n) is 8.80. The Balaban J connectivity index is 1.79. The van der Waals surface area contributed by atoms with E-state index in [0.29, 0.717) is 16.1 Å². The number of aromatic nitrogens is 6. The molecule has 0 N–H and O–H groups in total. The minimum Gasteiger partial charge on any atom is -0.266 e. The van der Waals surface area contributed by atoms with Gasteiger partial charge in [-0.05, 0) is 36.8 Å². The van der Waals surface area contributed by atoms with Gasteiger partial charge >= 0.3 is 0 Å². The Morgan fingerprint density at radius 3 is 2.77 bits per heavy atom. The average Bonchev–Trinajstić information content (AvgIpc) is 3.13. The fourth-order valence-corrected chi connectivity index (χ4v) is 3.67. The molecule has 0 atom stereocenters. The van der Waals surface area contributed by atoms with Crippen LogP contribution in [0.2, 0.25) is 0 Å². The van der Waals surface area contributed by atoms with E-state index in [1.165, 1.54) is 23.0 Å². The molecule has 0 aliphatic carbocycles. The Kier molecular flexibility index (Phi) is 5.06. The van der Waals surface area contributed by atoms with Gasteiger partial charge in [0, 0.05) is 24.2 Å². The van der Waals surface area contributed by atoms with Crippen molar-refractivity contribution in [2.75, 3.05) is 5.75 Å². The van der Waals surface area contributed by atoms with Crippen molar-refractivity contribution in [2.45, 2.75) is 24.7 Å². The Hall–Kier alpha value is -3.21. The van der Waals surface area contributed by atoms with Gasteiger partial charge in [-0.15, -0.1) is 22.0 Å². The third-order valence-electron chi connectivity index (χ3n) is 4.21. The molecule has 0 aliphatic rings. The van der Waals surface area contributed by atoms with Gasteiger partial charge in [-0.2, -0.15) is 4.68 Å². The highest BCUT2D eigenvalue weighted by Gasteiger charge is 2.23. The van der Waals surface area contributed by atoms with E-state index in [0.717, 1.165) is 23.4 Å². The summed E-state index contributed by atoms with van der Waals surface area (Å²) in [5.74, 6) is -4.08. The van der Waals surface area contributed by atoms with E-state index in [2.05, 4.69) is 20.4 Å². The average molecular weight is 432 g/mol. The van der Waals surface area contributed by atoms with E-state index in [-0.39, 0.29) is 16.7 Å². The lowest BCUT2D eigenvalue weighted by molar-refractivity contribution is 0.0492. The number of benzene rings is 1. The number of thioether (sulfide) groups is 1. The third kappa shape index (κ3) is 3.92. The summed E-state index contributed by atoms with van der Waals surface area (Å²) in [4.78, 5) is 17.4. The first kappa shape index (κ1) is 20.1. The third-order valence-corrected chi connectivity index (χ3v) is 5.61. The summed E-state index contributed by atoms with van der Waals surface area (Å²) < 4.78 is 43.3. The number of rotatable bonds is 5. The van der Waals surface area contributed by atoms with Gasteiger partial charge in [-0.25, -0.2) is 17.9 Å². The number of alkyl halides is 2. The number of halogens is 3. The van der Waals surface area contributed by atoms with Gasteiger partial charge < -0.3 is 0 Å². The quantitative estimate of drug-likeness (QED) is 0.449. The van der Waals surface area contributed by atoms with Gasteiger partial charge in [0.05, 0.1) is 17.6 Å². The second-order valence-electron chi connectivity index (χ2n) is 6.76. The highest BCUT2D eigenvalue weighted by atomic mass is 32.2. The number of hydrogen-bond donors (Lipinski definition) is 0. The normalized spacial score (nSPS) is 11.9. The second kappa shape index (κ2) is 7.56. The highest BCUT2D eigenvalue weighted by molar-refractivity contribution is 7.99. The van der Waals surface area contributed by atoms with Gasteiger partial charge in [0.1, 0.15) is 16.9 Å². The Labute approximate surface area is 172 Å². The molecular weight excluding hydrogens is 417 g/mol. The summed E-state index contributed by atoms with van der Waals surface area (Å²) in [6.07, 6.45) is 4.62. The van der Waals surface area contributed by atoms with Crippen molar-refractivity contribution in [3.8, 4) is 11.4 Å². The summed E-state index contributed by atoms with van der Waals surface area (Å²) in [7, 11) is 0. The van der Waals surface area contributed by atoms with Crippen molar-refractivity contribution in [1.82, 2.24) is 29.8 Å². The molecule has 0 unspecified atom stereocenters. The van der Waals surface area contributed by atoms with Crippen molar-refractivity contribution in [1.29, 1.82) is 0 Å². The monoisotopic (exact) mass is 432 g/mol. The van der Waals surface area contributed by atoms with Crippen LogP contribution in [0.1, 0.15) is 12.5 Å². The van der Waals surface area contributed by atoms with Gasteiger partial charge in [0.2, 0.25) is 5.65 Å². The van der Waals surface area contributed by atoms with Crippen LogP contribution in [0.15, 0.2) is 52.5 Å². The number of aryl methyl sites for hydroxylation is 1. The standard InChI is InChI=1S/C19H15F3N6OS/c1-11-6-14(20)15(7-16(11)30-10-19(2,21)22)28-18(29)13-9-27(25-17(13)24-26-28)12-4-3-5-23-8-12/h3-9H,10H2,1-2H3. The molecule has 0 amide bonds. The van der Waals surface area contributed by atoms with E-state index in [1.54, 1.807) is 31.5 Å². The number of nitrogens with zero attached hydrogens (tertiary/aromatic N) is 6. The van der Waals surface area contributed by atoms with Crippen molar-refractivity contribution in [3.05, 3.63) is 64.6 Å². The molecule has 3 heterocycles. The molecule has 0 bridgehead atoms. The van der Waals surface area contributed by atoms with E-state index < -0.39 is 23.1 Å². The summed E-state index contributed by atoms with van der Waals surface area (Å²) in [5, 5.41) is 12.0. The van der Waals surface area contributed by atoms with Crippen LogP contribution in [0, 0.1) is 12.7 Å². The van der Waals surface area contributed by atoms with Crippen LogP contribution in [0.3, 0.4) is 0 Å². The second-order valence-corrected chi connectivity index (χ2v) is 7.77. The molecule has 4 aromatic rings. The van der Waals surface area contributed by atoms with Crippen LogP contribution in [-0.2, 0) is 0 Å². The first-order chi connectivity index (χ1) is 14.2. The minimum atomic E-state index is -2.89. The Morgan fingerprint density at radius 2 is 2.07 bits per heavy atom. The molecule has 0 radical (unpaired) electrons. The van der Waals surface area contributed by atoms with Crippen LogP contribution in [0.4, 0.5) is 13.2 Å². The maximum atomic E-state index is 14.6. The summed E-state index contributed by atoms with van der Waals surface area (Å²) >= 11 is 0.879. The fraction of sp³-hybridized carbons (Fsp3) is 0.211. The molecule has 7 nitrogen and oxygen atoms in total.